The van der Waals surface area contributed by atoms with Gasteiger partial charge in [0.15, 0.2) is 5.78 Å². The number of Topliss-reactive ketones (excluding diaryl/α,β-unsaturated/α-hetero) is 1. The third-order valence-electron chi connectivity index (χ3n) is 5.46. The lowest BCUT2D eigenvalue weighted by atomic mass is 9.78. The number of benzene rings is 2. The van der Waals surface area contributed by atoms with Crippen molar-refractivity contribution in [3.8, 4) is 0 Å². The predicted molar refractivity (Wildman–Crippen MR) is 112 cm³/mol. The van der Waals surface area contributed by atoms with Crippen LogP contribution in [0.3, 0.4) is 0 Å². The summed E-state index contributed by atoms with van der Waals surface area (Å²) in [5.74, 6) is -0.645. The second kappa shape index (κ2) is 7.91. The number of carbonyl (C=O) groups excluding carboxylic acids is 1. The van der Waals surface area contributed by atoms with Gasteiger partial charge in [-0.2, -0.15) is 13.2 Å². The van der Waals surface area contributed by atoms with Crippen LogP contribution in [0.1, 0.15) is 43.6 Å². The number of hydrogen-bond acceptors (Lipinski definition) is 4. The zero-order valence-corrected chi connectivity index (χ0v) is 17.8. The minimum atomic E-state index is -4.47. The number of hydrogen-bond donors (Lipinski definition) is 1. The molecule has 0 bridgehead atoms. The molecule has 3 rings (SSSR count). The SMILES string of the molecule is CC1(C)OB(c2ccc(Nc3cccc(C(F)(F)F)c3)c(C(=O)CCl)c2)OC1(C)C. The number of anilines is 2. The van der Waals surface area contributed by atoms with Crippen molar-refractivity contribution in [2.45, 2.75) is 45.1 Å². The Kier molecular flexibility index (Phi) is 5.97. The fraction of sp³-hybridized carbons (Fsp3) is 0.381. The van der Waals surface area contributed by atoms with E-state index in [0.29, 0.717) is 11.2 Å². The second-order valence-electron chi connectivity index (χ2n) is 8.15. The number of nitrogens with one attached hydrogen (secondary N) is 1. The lowest BCUT2D eigenvalue weighted by Crippen LogP contribution is -2.41. The first kappa shape index (κ1) is 22.7. The van der Waals surface area contributed by atoms with Gasteiger partial charge in [-0.05, 0) is 63.5 Å². The molecule has 0 radical (unpaired) electrons. The van der Waals surface area contributed by atoms with Crippen molar-refractivity contribution < 1.29 is 27.3 Å². The molecule has 2 aromatic rings. The van der Waals surface area contributed by atoms with Crippen LogP contribution in [0.15, 0.2) is 42.5 Å². The van der Waals surface area contributed by atoms with Crippen LogP contribution >= 0.6 is 11.6 Å². The first-order valence-corrected chi connectivity index (χ1v) is 9.90. The maximum absolute atomic E-state index is 13.0. The first-order valence-electron chi connectivity index (χ1n) is 9.37. The van der Waals surface area contributed by atoms with E-state index < -0.39 is 30.1 Å². The molecule has 0 atom stereocenters. The second-order valence-corrected chi connectivity index (χ2v) is 8.42. The highest BCUT2D eigenvalue weighted by molar-refractivity contribution is 6.62. The Morgan fingerprint density at radius 1 is 1.07 bits per heavy atom. The van der Waals surface area contributed by atoms with Gasteiger partial charge < -0.3 is 14.6 Å². The summed E-state index contributed by atoms with van der Waals surface area (Å²) in [6.07, 6.45) is -4.47. The van der Waals surface area contributed by atoms with E-state index in [1.54, 1.807) is 18.2 Å². The zero-order valence-electron chi connectivity index (χ0n) is 17.1. The fourth-order valence-electron chi connectivity index (χ4n) is 3.03. The molecule has 4 nitrogen and oxygen atoms in total. The molecule has 1 saturated heterocycles. The number of ketones is 1. The Bertz CT molecular complexity index is 947. The molecule has 1 heterocycles. The lowest BCUT2D eigenvalue weighted by molar-refractivity contribution is -0.137. The van der Waals surface area contributed by atoms with E-state index in [9.17, 15) is 18.0 Å². The number of halogens is 4. The molecule has 1 aliphatic rings. The Balaban J connectivity index is 1.94. The molecule has 30 heavy (non-hydrogen) atoms. The van der Waals surface area contributed by atoms with Crippen molar-refractivity contribution in [2.75, 3.05) is 11.2 Å². The van der Waals surface area contributed by atoms with Crippen LogP contribution in [-0.2, 0) is 15.5 Å². The monoisotopic (exact) mass is 439 g/mol. The standard InChI is InChI=1S/C21H22BClF3NO3/c1-19(2)20(3,4)30-22(29-19)14-8-9-17(16(11-14)18(28)12-23)27-15-7-5-6-13(10-15)21(24,25)26/h5-11,27H,12H2,1-4H3. The van der Waals surface area contributed by atoms with Gasteiger partial charge in [-0.3, -0.25) is 4.79 Å². The molecule has 9 heteroatoms. The number of alkyl halides is 4. The topological polar surface area (TPSA) is 47.6 Å². The highest BCUT2D eigenvalue weighted by Gasteiger charge is 2.51. The highest BCUT2D eigenvalue weighted by atomic mass is 35.5. The van der Waals surface area contributed by atoms with E-state index >= 15 is 0 Å². The Hall–Kier alpha value is -2.03. The van der Waals surface area contributed by atoms with Crippen molar-refractivity contribution in [3.63, 3.8) is 0 Å². The molecule has 0 aliphatic carbocycles. The molecule has 1 N–H and O–H groups in total. The molecule has 0 amide bonds. The minimum absolute atomic E-state index is 0.205. The average Bonchev–Trinajstić information content (AvgIpc) is 2.88. The predicted octanol–water partition coefficient (Wildman–Crippen LogP) is 5.17. The van der Waals surface area contributed by atoms with E-state index in [-0.39, 0.29) is 22.9 Å². The summed E-state index contributed by atoms with van der Waals surface area (Å²) < 4.78 is 51.0. The molecule has 0 saturated carbocycles. The molecule has 160 valence electrons. The summed E-state index contributed by atoms with van der Waals surface area (Å²) in [6, 6.07) is 9.68. The van der Waals surface area contributed by atoms with Gasteiger partial charge >= 0.3 is 13.3 Å². The van der Waals surface area contributed by atoms with Gasteiger partial charge in [-0.15, -0.1) is 11.6 Å². The van der Waals surface area contributed by atoms with Crippen LogP contribution < -0.4 is 10.8 Å². The van der Waals surface area contributed by atoms with Crippen LogP contribution in [0.4, 0.5) is 24.5 Å². The molecule has 0 spiro atoms. The van der Waals surface area contributed by atoms with E-state index in [1.807, 2.05) is 27.7 Å². The molecule has 2 aromatic carbocycles. The third-order valence-corrected chi connectivity index (χ3v) is 5.70. The van der Waals surface area contributed by atoms with Gasteiger partial charge in [0.1, 0.15) is 0 Å². The average molecular weight is 440 g/mol. The number of carbonyl (C=O) groups is 1. The molecule has 0 aromatic heterocycles. The molecule has 1 fully saturated rings. The van der Waals surface area contributed by atoms with Crippen molar-refractivity contribution >= 4 is 41.3 Å². The minimum Gasteiger partial charge on any atom is -0.399 e. The van der Waals surface area contributed by atoms with Crippen molar-refractivity contribution in [2.24, 2.45) is 0 Å². The van der Waals surface area contributed by atoms with Gasteiger partial charge in [-0.25, -0.2) is 0 Å². The van der Waals surface area contributed by atoms with Crippen LogP contribution in [0, 0.1) is 0 Å². The molecule has 1 aliphatic heterocycles. The molecule has 0 unspecified atom stereocenters. The first-order chi connectivity index (χ1) is 13.8. The summed E-state index contributed by atoms with van der Waals surface area (Å²) in [5.41, 5.74) is -0.470. The van der Waals surface area contributed by atoms with Crippen molar-refractivity contribution in [1.29, 1.82) is 0 Å². The third kappa shape index (κ3) is 4.50. The van der Waals surface area contributed by atoms with Gasteiger partial charge in [0, 0.05) is 16.9 Å². The van der Waals surface area contributed by atoms with Crippen molar-refractivity contribution in [1.82, 2.24) is 0 Å². The summed E-state index contributed by atoms with van der Waals surface area (Å²) >= 11 is 5.76. The van der Waals surface area contributed by atoms with E-state index in [2.05, 4.69) is 5.32 Å². The summed E-state index contributed by atoms with van der Waals surface area (Å²) in [7, 11) is -0.681. The molecular formula is C21H22BClF3NO3. The summed E-state index contributed by atoms with van der Waals surface area (Å²) in [4.78, 5) is 12.4. The maximum atomic E-state index is 13.0. The number of rotatable bonds is 5. The lowest BCUT2D eigenvalue weighted by Gasteiger charge is -2.32. The van der Waals surface area contributed by atoms with Crippen LogP contribution in [-0.4, -0.2) is 30.0 Å². The Labute approximate surface area is 178 Å². The summed E-state index contributed by atoms with van der Waals surface area (Å²) in [6.45, 7) is 7.67. The smallest absolute Gasteiger partial charge is 0.399 e. The Morgan fingerprint density at radius 2 is 1.70 bits per heavy atom. The maximum Gasteiger partial charge on any atom is 0.494 e. The highest BCUT2D eigenvalue weighted by Crippen LogP contribution is 2.37. The zero-order chi connectivity index (χ0) is 22.3. The van der Waals surface area contributed by atoms with E-state index in [1.165, 1.54) is 12.1 Å². The van der Waals surface area contributed by atoms with Crippen LogP contribution in [0.5, 0.6) is 0 Å². The quantitative estimate of drug-likeness (QED) is 0.397. The van der Waals surface area contributed by atoms with Gasteiger partial charge in [0.05, 0.1) is 22.6 Å². The Morgan fingerprint density at radius 3 is 2.27 bits per heavy atom. The summed E-state index contributed by atoms with van der Waals surface area (Å²) in [5, 5.41) is 2.89. The largest absolute Gasteiger partial charge is 0.494 e. The van der Waals surface area contributed by atoms with Crippen LogP contribution in [0.25, 0.3) is 0 Å². The van der Waals surface area contributed by atoms with E-state index in [0.717, 1.165) is 12.1 Å². The molecular weight excluding hydrogens is 417 g/mol. The fourth-order valence-corrected chi connectivity index (χ4v) is 3.17. The normalized spacial score (nSPS) is 17.8. The van der Waals surface area contributed by atoms with Crippen LogP contribution in [0.2, 0.25) is 0 Å². The van der Waals surface area contributed by atoms with Gasteiger partial charge in [0.25, 0.3) is 0 Å². The van der Waals surface area contributed by atoms with E-state index in [4.69, 9.17) is 20.9 Å². The van der Waals surface area contributed by atoms with Crippen molar-refractivity contribution in [3.05, 3.63) is 53.6 Å². The van der Waals surface area contributed by atoms with Gasteiger partial charge in [-0.1, -0.05) is 12.1 Å². The van der Waals surface area contributed by atoms with Gasteiger partial charge in [0.2, 0.25) is 0 Å².